The highest BCUT2D eigenvalue weighted by Gasteiger charge is 2.42. The summed E-state index contributed by atoms with van der Waals surface area (Å²) < 4.78 is 0. The van der Waals surface area contributed by atoms with Gasteiger partial charge in [0.2, 0.25) is 0 Å². The van der Waals surface area contributed by atoms with Crippen molar-refractivity contribution in [2.24, 2.45) is 20.2 Å². The maximum absolute atomic E-state index is 12.6. The Kier molecular flexibility index (Phi) is 6.27. The van der Waals surface area contributed by atoms with Gasteiger partial charge in [0.05, 0.1) is 11.4 Å². The summed E-state index contributed by atoms with van der Waals surface area (Å²) in [6, 6.07) is 7.06. The van der Waals surface area contributed by atoms with Gasteiger partial charge >= 0.3 is 0 Å². The summed E-state index contributed by atoms with van der Waals surface area (Å²) in [6.07, 6.45) is 8.75. The second kappa shape index (κ2) is 8.92. The Morgan fingerprint density at radius 2 is 2.23 bits per heavy atom. The van der Waals surface area contributed by atoms with E-state index >= 15 is 0 Å². The van der Waals surface area contributed by atoms with E-state index < -0.39 is 5.66 Å². The predicted molar refractivity (Wildman–Crippen MR) is 122 cm³/mol. The van der Waals surface area contributed by atoms with Gasteiger partial charge in [-0.3, -0.25) is 14.7 Å². The number of phenols is 1. The standard InChI is InChI=1S/C21H23N5O2S2/c1-3-4-9-21(24-25-21)10-11-22-18(28)16-13-30-20(26(16)2)15-12-29-19(23-15)14-7-5-6-8-17(14)27/h1,5-8,11,15-16,20,27H,4,9-10,12-13H2,2H3/t15?,16-,20?/m0/s1. The summed E-state index contributed by atoms with van der Waals surface area (Å²) in [6.45, 7) is 0. The lowest BCUT2D eigenvalue weighted by Crippen LogP contribution is -2.42. The molecule has 30 heavy (non-hydrogen) atoms. The van der Waals surface area contributed by atoms with Crippen LogP contribution in [0.4, 0.5) is 0 Å². The molecule has 156 valence electrons. The maximum atomic E-state index is 12.6. The molecule has 1 N–H and O–H groups in total. The van der Waals surface area contributed by atoms with Gasteiger partial charge in [-0.1, -0.05) is 12.1 Å². The van der Waals surface area contributed by atoms with Crippen molar-refractivity contribution in [3.63, 3.8) is 0 Å². The summed E-state index contributed by atoms with van der Waals surface area (Å²) in [5.74, 6) is 4.22. The van der Waals surface area contributed by atoms with Crippen molar-refractivity contribution in [3.05, 3.63) is 29.8 Å². The third-order valence-electron chi connectivity index (χ3n) is 5.43. The van der Waals surface area contributed by atoms with Gasteiger partial charge in [-0.25, -0.2) is 4.99 Å². The van der Waals surface area contributed by atoms with E-state index in [2.05, 4.69) is 26.0 Å². The first-order valence-corrected chi connectivity index (χ1v) is 11.8. The summed E-state index contributed by atoms with van der Waals surface area (Å²) in [5.41, 5.74) is 0.312. The van der Waals surface area contributed by atoms with Gasteiger partial charge in [0, 0.05) is 42.5 Å². The van der Waals surface area contributed by atoms with E-state index in [0.717, 1.165) is 16.4 Å². The zero-order valence-corrected chi connectivity index (χ0v) is 18.3. The van der Waals surface area contributed by atoms with E-state index in [1.807, 2.05) is 19.2 Å². The average molecular weight is 442 g/mol. The molecule has 3 aliphatic heterocycles. The average Bonchev–Trinajstić information content (AvgIpc) is 3.15. The van der Waals surface area contributed by atoms with Gasteiger partial charge in [0.15, 0.2) is 5.66 Å². The van der Waals surface area contributed by atoms with Crippen molar-refractivity contribution in [1.29, 1.82) is 0 Å². The van der Waals surface area contributed by atoms with Crippen LogP contribution in [0.5, 0.6) is 5.75 Å². The lowest BCUT2D eigenvalue weighted by molar-refractivity contribution is -0.121. The number of aliphatic imine (C=N–C) groups is 2. The summed E-state index contributed by atoms with van der Waals surface area (Å²) in [7, 11) is 1.96. The first kappa shape index (κ1) is 21.1. The quantitative estimate of drug-likeness (QED) is 0.518. The molecular formula is C21H23N5O2S2. The number of likely N-dealkylation sites (N-methyl/N-ethyl adjacent to an activating group) is 1. The molecule has 0 spiro atoms. The molecule has 4 rings (SSSR count). The molecular weight excluding hydrogens is 418 g/mol. The Balaban J connectivity index is 1.34. The normalized spacial score (nSPS) is 27.3. The number of aromatic hydroxyl groups is 1. The number of para-hydroxylation sites is 1. The molecule has 0 radical (unpaired) electrons. The van der Waals surface area contributed by atoms with Crippen LogP contribution in [0.3, 0.4) is 0 Å². The van der Waals surface area contributed by atoms with E-state index in [-0.39, 0.29) is 29.1 Å². The lowest BCUT2D eigenvalue weighted by atomic mass is 10.1. The van der Waals surface area contributed by atoms with Crippen LogP contribution in [0.25, 0.3) is 0 Å². The molecule has 1 saturated heterocycles. The highest BCUT2D eigenvalue weighted by Crippen LogP contribution is 2.38. The maximum Gasteiger partial charge on any atom is 0.263 e. The molecule has 9 heteroatoms. The Bertz CT molecular complexity index is 949. The number of rotatable bonds is 7. The number of carbonyl (C=O) groups is 1. The summed E-state index contributed by atoms with van der Waals surface area (Å²) >= 11 is 3.38. The van der Waals surface area contributed by atoms with E-state index in [1.54, 1.807) is 41.9 Å². The van der Waals surface area contributed by atoms with E-state index in [9.17, 15) is 9.90 Å². The van der Waals surface area contributed by atoms with Gasteiger partial charge in [-0.05, 0) is 19.2 Å². The van der Waals surface area contributed by atoms with Gasteiger partial charge in [0.25, 0.3) is 5.91 Å². The number of nitrogens with zero attached hydrogens (tertiary/aromatic N) is 5. The first-order chi connectivity index (χ1) is 14.5. The predicted octanol–water partition coefficient (Wildman–Crippen LogP) is 3.19. The molecule has 0 aromatic heterocycles. The van der Waals surface area contributed by atoms with Crippen LogP contribution in [-0.2, 0) is 4.79 Å². The van der Waals surface area contributed by atoms with Crippen molar-refractivity contribution in [1.82, 2.24) is 4.90 Å². The van der Waals surface area contributed by atoms with E-state index in [0.29, 0.717) is 25.0 Å². The largest absolute Gasteiger partial charge is 0.507 e. The highest BCUT2D eigenvalue weighted by atomic mass is 32.2. The molecule has 1 fully saturated rings. The molecule has 0 aliphatic carbocycles. The molecule has 3 heterocycles. The molecule has 0 saturated carbocycles. The number of carbonyl (C=O) groups excluding carboxylic acids is 1. The molecule has 1 aromatic rings. The second-order valence-electron chi connectivity index (χ2n) is 7.48. The zero-order chi connectivity index (χ0) is 21.1. The SMILES string of the molecule is C#CCCC1(CC=NC(=O)[C@@H]2CSC(C3CSC(c4ccccc4O)=N3)N2C)N=N1. The molecule has 2 unspecified atom stereocenters. The van der Waals surface area contributed by atoms with Crippen LogP contribution in [0.1, 0.15) is 24.8 Å². The van der Waals surface area contributed by atoms with Crippen LogP contribution in [0.2, 0.25) is 0 Å². The molecule has 3 atom stereocenters. The fraction of sp³-hybridized carbons (Fsp3) is 0.476. The number of benzene rings is 1. The summed E-state index contributed by atoms with van der Waals surface area (Å²) in [5, 5.41) is 19.2. The summed E-state index contributed by atoms with van der Waals surface area (Å²) in [4.78, 5) is 23.7. The minimum absolute atomic E-state index is 0.0671. The topological polar surface area (TPSA) is 90.0 Å². The number of phenolic OH excluding ortho intramolecular Hbond substituents is 1. The molecule has 1 amide bonds. The van der Waals surface area contributed by atoms with Crippen molar-refractivity contribution in [2.75, 3.05) is 18.6 Å². The Morgan fingerprint density at radius 1 is 1.43 bits per heavy atom. The van der Waals surface area contributed by atoms with E-state index in [1.165, 1.54) is 0 Å². The zero-order valence-electron chi connectivity index (χ0n) is 16.6. The Labute approximate surface area is 184 Å². The third-order valence-corrected chi connectivity index (χ3v) is 8.03. The van der Waals surface area contributed by atoms with Crippen molar-refractivity contribution in [2.45, 2.75) is 42.4 Å². The van der Waals surface area contributed by atoms with Gasteiger partial charge < -0.3 is 5.11 Å². The number of terminal acetylenes is 1. The van der Waals surface area contributed by atoms with E-state index in [4.69, 9.17) is 11.4 Å². The number of amides is 1. The Hall–Kier alpha value is -2.15. The fourth-order valence-electron chi connectivity index (χ4n) is 3.56. The van der Waals surface area contributed by atoms with Crippen LogP contribution in [0, 0.1) is 12.3 Å². The molecule has 3 aliphatic rings. The smallest absolute Gasteiger partial charge is 0.263 e. The van der Waals surface area contributed by atoms with Gasteiger partial charge in [0.1, 0.15) is 16.8 Å². The second-order valence-corrected chi connectivity index (χ2v) is 9.63. The first-order valence-electron chi connectivity index (χ1n) is 9.79. The minimum atomic E-state index is -0.454. The number of hydrogen-bond acceptors (Lipinski definition) is 8. The number of hydrogen-bond donors (Lipinski definition) is 1. The molecule has 7 nitrogen and oxygen atoms in total. The van der Waals surface area contributed by atoms with Crippen molar-refractivity contribution in [3.8, 4) is 18.1 Å². The lowest BCUT2D eigenvalue weighted by Gasteiger charge is -2.25. The third kappa shape index (κ3) is 4.46. The van der Waals surface area contributed by atoms with Crippen molar-refractivity contribution >= 4 is 40.7 Å². The van der Waals surface area contributed by atoms with Crippen LogP contribution in [-0.4, -0.2) is 68.8 Å². The fourth-order valence-corrected chi connectivity index (χ4v) is 6.33. The molecule has 1 aromatic carbocycles. The highest BCUT2D eigenvalue weighted by molar-refractivity contribution is 8.14. The van der Waals surface area contributed by atoms with Gasteiger partial charge in [-0.2, -0.15) is 10.2 Å². The van der Waals surface area contributed by atoms with Crippen LogP contribution in [0.15, 0.2) is 44.5 Å². The molecule has 0 bridgehead atoms. The Morgan fingerprint density at radius 3 is 2.97 bits per heavy atom. The van der Waals surface area contributed by atoms with Gasteiger partial charge in [-0.15, -0.1) is 35.9 Å². The minimum Gasteiger partial charge on any atom is -0.507 e. The van der Waals surface area contributed by atoms with Crippen LogP contribution < -0.4 is 0 Å². The number of thioether (sulfide) groups is 2. The van der Waals surface area contributed by atoms with Crippen LogP contribution >= 0.6 is 23.5 Å². The monoisotopic (exact) mass is 441 g/mol. The van der Waals surface area contributed by atoms with Crippen molar-refractivity contribution < 1.29 is 9.90 Å².